The first kappa shape index (κ1) is 18.4. The van der Waals surface area contributed by atoms with Crippen molar-refractivity contribution in [1.29, 1.82) is 0 Å². The summed E-state index contributed by atoms with van der Waals surface area (Å²) in [5.41, 5.74) is 0.810. The number of carbonyl (C=O) groups excluding carboxylic acids is 1. The molecule has 1 unspecified atom stereocenters. The number of carbonyl (C=O) groups is 1. The van der Waals surface area contributed by atoms with Crippen molar-refractivity contribution >= 4 is 11.7 Å². The zero-order valence-corrected chi connectivity index (χ0v) is 15.4. The third kappa shape index (κ3) is 4.42. The lowest BCUT2D eigenvalue weighted by molar-refractivity contribution is 0.00361. The van der Waals surface area contributed by atoms with Crippen molar-refractivity contribution < 1.29 is 9.90 Å². The third-order valence-electron chi connectivity index (χ3n) is 4.71. The van der Waals surface area contributed by atoms with Crippen LogP contribution in [0.25, 0.3) is 5.69 Å². The van der Waals surface area contributed by atoms with Crippen molar-refractivity contribution in [1.82, 2.24) is 19.6 Å². The van der Waals surface area contributed by atoms with Crippen LogP contribution < -0.4 is 5.32 Å². The lowest BCUT2D eigenvalue weighted by atomic mass is 9.94. The van der Waals surface area contributed by atoms with Gasteiger partial charge in [-0.3, -0.25) is 0 Å². The van der Waals surface area contributed by atoms with Gasteiger partial charge in [-0.05, 0) is 51.6 Å². The summed E-state index contributed by atoms with van der Waals surface area (Å²) < 4.78 is 1.73. The van der Waals surface area contributed by atoms with Crippen LogP contribution in [0.1, 0.15) is 19.3 Å². The van der Waals surface area contributed by atoms with Crippen LogP contribution >= 0.6 is 0 Å². The minimum atomic E-state index is -0.731. The van der Waals surface area contributed by atoms with Crippen LogP contribution in [-0.2, 0) is 0 Å². The molecular weight excluding hydrogens is 330 g/mol. The summed E-state index contributed by atoms with van der Waals surface area (Å²) in [5, 5.41) is 18.0. The molecule has 1 saturated heterocycles. The average molecular weight is 357 g/mol. The van der Waals surface area contributed by atoms with Gasteiger partial charge in [0.2, 0.25) is 0 Å². The SMILES string of the molecule is CN(C)CC1(O)CCCN(C(=O)Nc2ccccc2-n2cccn2)CC1. The molecule has 2 N–H and O–H groups in total. The molecule has 1 atom stereocenters. The van der Waals surface area contributed by atoms with Crippen LogP contribution in [0.2, 0.25) is 0 Å². The van der Waals surface area contributed by atoms with Crippen LogP contribution in [0, 0.1) is 0 Å². The van der Waals surface area contributed by atoms with E-state index in [-0.39, 0.29) is 6.03 Å². The Morgan fingerprint density at radius 1 is 1.27 bits per heavy atom. The molecular formula is C19H27N5O2. The van der Waals surface area contributed by atoms with Gasteiger partial charge in [0.05, 0.1) is 17.0 Å². The van der Waals surface area contributed by atoms with Gasteiger partial charge in [0, 0.05) is 32.0 Å². The number of hydrogen-bond donors (Lipinski definition) is 2. The summed E-state index contributed by atoms with van der Waals surface area (Å²) in [4.78, 5) is 16.5. The quantitative estimate of drug-likeness (QED) is 0.880. The van der Waals surface area contributed by atoms with Gasteiger partial charge in [-0.25, -0.2) is 9.48 Å². The van der Waals surface area contributed by atoms with Crippen molar-refractivity contribution in [3.8, 4) is 5.69 Å². The Kier molecular flexibility index (Phi) is 5.58. The Bertz CT molecular complexity index is 731. The number of urea groups is 1. The maximum Gasteiger partial charge on any atom is 0.321 e. The molecule has 1 aliphatic rings. The maximum atomic E-state index is 12.8. The molecule has 3 rings (SSSR count). The second kappa shape index (κ2) is 7.88. The molecule has 0 radical (unpaired) electrons. The second-order valence-corrected chi connectivity index (χ2v) is 7.20. The van der Waals surface area contributed by atoms with Gasteiger partial charge in [0.25, 0.3) is 0 Å². The van der Waals surface area contributed by atoms with Crippen LogP contribution in [0.5, 0.6) is 0 Å². The van der Waals surface area contributed by atoms with E-state index >= 15 is 0 Å². The molecule has 1 aromatic heterocycles. The predicted molar refractivity (Wildman–Crippen MR) is 102 cm³/mol. The van der Waals surface area contributed by atoms with Gasteiger partial charge < -0.3 is 20.2 Å². The Morgan fingerprint density at radius 3 is 2.81 bits per heavy atom. The molecule has 0 spiro atoms. The monoisotopic (exact) mass is 357 g/mol. The highest BCUT2D eigenvalue weighted by Gasteiger charge is 2.32. The Balaban J connectivity index is 1.68. The molecule has 7 heteroatoms. The lowest BCUT2D eigenvalue weighted by Crippen LogP contribution is -2.42. The number of nitrogens with one attached hydrogen (secondary N) is 1. The summed E-state index contributed by atoms with van der Waals surface area (Å²) in [6.45, 7) is 1.80. The van der Waals surface area contributed by atoms with Crippen molar-refractivity contribution in [3.63, 3.8) is 0 Å². The van der Waals surface area contributed by atoms with E-state index in [0.717, 1.165) is 12.1 Å². The minimum absolute atomic E-state index is 0.140. The van der Waals surface area contributed by atoms with Gasteiger partial charge in [-0.1, -0.05) is 12.1 Å². The number of amides is 2. The molecule has 2 heterocycles. The summed E-state index contributed by atoms with van der Waals surface area (Å²) in [7, 11) is 3.92. The maximum absolute atomic E-state index is 12.8. The van der Waals surface area contributed by atoms with Gasteiger partial charge in [-0.15, -0.1) is 0 Å². The van der Waals surface area contributed by atoms with E-state index in [2.05, 4.69) is 10.4 Å². The predicted octanol–water partition coefficient (Wildman–Crippen LogP) is 2.18. The van der Waals surface area contributed by atoms with Crippen molar-refractivity contribution in [2.45, 2.75) is 24.9 Å². The van der Waals surface area contributed by atoms with Gasteiger partial charge in [-0.2, -0.15) is 5.10 Å². The summed E-state index contributed by atoms with van der Waals surface area (Å²) in [6, 6.07) is 9.30. The molecule has 0 saturated carbocycles. The number of aromatic nitrogens is 2. The van der Waals surface area contributed by atoms with Crippen molar-refractivity contribution in [2.24, 2.45) is 0 Å². The Morgan fingerprint density at radius 2 is 2.08 bits per heavy atom. The number of aliphatic hydroxyl groups is 1. The van der Waals surface area contributed by atoms with Crippen molar-refractivity contribution in [3.05, 3.63) is 42.7 Å². The van der Waals surface area contributed by atoms with E-state index in [1.165, 1.54) is 0 Å². The molecule has 0 aliphatic carbocycles. The van der Waals surface area contributed by atoms with E-state index in [0.29, 0.717) is 38.2 Å². The second-order valence-electron chi connectivity index (χ2n) is 7.20. The van der Waals surface area contributed by atoms with E-state index in [1.54, 1.807) is 15.8 Å². The molecule has 26 heavy (non-hydrogen) atoms. The first-order chi connectivity index (χ1) is 12.5. The minimum Gasteiger partial charge on any atom is -0.388 e. The van der Waals surface area contributed by atoms with Gasteiger partial charge in [0.1, 0.15) is 0 Å². The standard InChI is InChI=1S/C19H27N5O2/c1-22(2)15-19(26)9-5-12-23(14-10-19)18(25)21-16-7-3-4-8-17(16)24-13-6-11-20-24/h3-4,6-8,11,13,26H,5,9-10,12,14-15H2,1-2H3,(H,21,25). The fourth-order valence-electron chi connectivity index (χ4n) is 3.51. The number of hydrogen-bond acceptors (Lipinski definition) is 4. The topological polar surface area (TPSA) is 73.6 Å². The zero-order chi connectivity index (χ0) is 18.6. The molecule has 7 nitrogen and oxygen atoms in total. The smallest absolute Gasteiger partial charge is 0.321 e. The largest absolute Gasteiger partial charge is 0.388 e. The summed E-state index contributed by atoms with van der Waals surface area (Å²) in [6.07, 6.45) is 5.63. The first-order valence-electron chi connectivity index (χ1n) is 8.99. The number of rotatable bonds is 4. The number of para-hydroxylation sites is 2. The number of nitrogens with zero attached hydrogens (tertiary/aromatic N) is 4. The van der Waals surface area contributed by atoms with E-state index in [1.807, 2.05) is 55.5 Å². The zero-order valence-electron chi connectivity index (χ0n) is 15.4. The molecule has 140 valence electrons. The molecule has 0 bridgehead atoms. The van der Waals surface area contributed by atoms with Gasteiger partial charge in [0.15, 0.2) is 0 Å². The molecule has 2 amide bonds. The van der Waals surface area contributed by atoms with Crippen LogP contribution in [0.3, 0.4) is 0 Å². The molecule has 1 aliphatic heterocycles. The fourth-order valence-corrected chi connectivity index (χ4v) is 3.51. The average Bonchev–Trinajstić information content (AvgIpc) is 3.05. The van der Waals surface area contributed by atoms with Crippen molar-refractivity contribution in [2.75, 3.05) is 39.0 Å². The number of likely N-dealkylation sites (N-methyl/N-ethyl adjacent to an activating group) is 1. The fraction of sp³-hybridized carbons (Fsp3) is 0.474. The summed E-state index contributed by atoms with van der Waals surface area (Å²) >= 11 is 0. The Hall–Kier alpha value is -2.38. The highest BCUT2D eigenvalue weighted by atomic mass is 16.3. The highest BCUT2D eigenvalue weighted by Crippen LogP contribution is 2.24. The Labute approximate surface area is 154 Å². The number of likely N-dealkylation sites (tertiary alicyclic amines) is 1. The van der Waals surface area contributed by atoms with Crippen LogP contribution in [0.4, 0.5) is 10.5 Å². The number of benzene rings is 1. The first-order valence-corrected chi connectivity index (χ1v) is 8.99. The molecule has 1 aromatic carbocycles. The van der Waals surface area contributed by atoms with E-state index in [4.69, 9.17) is 0 Å². The van der Waals surface area contributed by atoms with Gasteiger partial charge >= 0.3 is 6.03 Å². The van der Waals surface area contributed by atoms with Crippen LogP contribution in [-0.4, -0.2) is 70.0 Å². The summed E-state index contributed by atoms with van der Waals surface area (Å²) in [5.74, 6) is 0. The van der Waals surface area contributed by atoms with E-state index in [9.17, 15) is 9.90 Å². The van der Waals surface area contributed by atoms with E-state index < -0.39 is 5.60 Å². The molecule has 2 aromatic rings. The lowest BCUT2D eigenvalue weighted by Gasteiger charge is -2.30. The highest BCUT2D eigenvalue weighted by molar-refractivity contribution is 5.91. The number of anilines is 1. The normalized spacial score (nSPS) is 20.8. The third-order valence-corrected chi connectivity index (χ3v) is 4.71. The van der Waals surface area contributed by atoms with Crippen LogP contribution in [0.15, 0.2) is 42.7 Å². The molecule has 1 fully saturated rings.